The summed E-state index contributed by atoms with van der Waals surface area (Å²) in [5, 5.41) is 39.4. The number of aromatic nitrogens is 1. The fraction of sp³-hybridized carbons (Fsp3) is 0.276. The molecule has 0 aliphatic heterocycles. The number of aliphatic carboxylic acids is 1. The van der Waals surface area contributed by atoms with E-state index >= 15 is 0 Å². The zero-order chi connectivity index (χ0) is 30.4. The largest absolute Gasteiger partial charge is 0.492 e. The molecule has 0 spiro atoms. The monoisotopic (exact) mass is 637 g/mol. The molecule has 0 radical (unpaired) electrons. The Kier molecular flexibility index (Phi) is 10.5. The maximum absolute atomic E-state index is 11.2. The quantitative estimate of drug-likeness (QED) is 0.127. The number of aromatic carboxylic acids is 1. The smallest absolute Gasteiger partial charge is 0.335 e. The van der Waals surface area contributed by atoms with Gasteiger partial charge in [0.2, 0.25) is 5.89 Å². The van der Waals surface area contributed by atoms with E-state index in [1.807, 2.05) is 0 Å². The first-order chi connectivity index (χ1) is 20.0. The molecule has 0 unspecified atom stereocenters. The number of aliphatic hydroxyl groups is 2. The molecule has 0 aliphatic carbocycles. The van der Waals surface area contributed by atoms with Crippen LogP contribution in [-0.2, 0) is 11.2 Å². The van der Waals surface area contributed by atoms with Crippen LogP contribution in [-0.4, -0.2) is 62.8 Å². The predicted molar refractivity (Wildman–Crippen MR) is 156 cm³/mol. The molecule has 10 nitrogen and oxygen atoms in total. The average Bonchev–Trinajstić information content (AvgIpc) is 3.37. The van der Waals surface area contributed by atoms with Gasteiger partial charge in [-0.1, -0.05) is 34.8 Å². The molecule has 3 aromatic carbocycles. The van der Waals surface area contributed by atoms with Crippen LogP contribution in [0.2, 0.25) is 15.1 Å². The molecule has 1 aromatic heterocycles. The Morgan fingerprint density at radius 3 is 2.14 bits per heavy atom. The normalized spacial score (nSPS) is 12.7. The van der Waals surface area contributed by atoms with Gasteiger partial charge in [-0.05, 0) is 60.5 Å². The van der Waals surface area contributed by atoms with Crippen molar-refractivity contribution in [3.05, 3.63) is 74.7 Å². The second-order valence-electron chi connectivity index (χ2n) is 9.34. The fourth-order valence-electron chi connectivity index (χ4n) is 4.03. The van der Waals surface area contributed by atoms with Gasteiger partial charge in [-0.2, -0.15) is 0 Å². The highest BCUT2D eigenvalue weighted by Gasteiger charge is 2.19. The molecular weight excluding hydrogens is 613 g/mol. The van der Waals surface area contributed by atoms with Gasteiger partial charge in [0.25, 0.3) is 0 Å². The summed E-state index contributed by atoms with van der Waals surface area (Å²) in [6, 6.07) is 12.4. The number of aliphatic hydroxyl groups excluding tert-OH is 2. The molecule has 13 heteroatoms. The fourth-order valence-corrected chi connectivity index (χ4v) is 4.91. The van der Waals surface area contributed by atoms with Crippen molar-refractivity contribution >= 4 is 57.8 Å². The van der Waals surface area contributed by atoms with E-state index in [0.717, 1.165) is 0 Å². The molecule has 4 aromatic rings. The van der Waals surface area contributed by atoms with Gasteiger partial charge in [0, 0.05) is 24.8 Å². The van der Waals surface area contributed by atoms with E-state index in [-0.39, 0.29) is 71.2 Å². The summed E-state index contributed by atoms with van der Waals surface area (Å²) < 4.78 is 17.0. The van der Waals surface area contributed by atoms with Crippen molar-refractivity contribution < 1.29 is 43.9 Å². The Hall–Kier alpha value is -3.54. The number of benzene rings is 3. The maximum atomic E-state index is 11.2. The summed E-state index contributed by atoms with van der Waals surface area (Å²) in [4.78, 5) is 26.3. The Morgan fingerprint density at radius 2 is 1.52 bits per heavy atom. The van der Waals surface area contributed by atoms with Crippen LogP contribution in [0, 0.1) is 0 Å². The van der Waals surface area contributed by atoms with E-state index in [4.69, 9.17) is 58.9 Å². The first-order valence-corrected chi connectivity index (χ1v) is 13.9. The number of hydrogen-bond acceptors (Lipinski definition) is 8. The molecule has 0 saturated carbocycles. The zero-order valence-corrected chi connectivity index (χ0v) is 24.2. The van der Waals surface area contributed by atoms with E-state index in [1.54, 1.807) is 36.4 Å². The second kappa shape index (κ2) is 14.1. The standard InChI is InChI=1S/C29H26Cl3NO9/c30-18-13-16(28-33-21-4-2-17(29(38)39)14-25(21)42-28)3-5-24(18)40-9-7-22(34)23(35)8-10-41-27-19(31)11-15(12-20(27)32)1-6-26(36)37/h2-5,11-14,22-23,34-35H,1,6-10H2,(H,36,37)(H,38,39)/t22-,23-/m1/s1. The van der Waals surface area contributed by atoms with E-state index in [2.05, 4.69) is 4.98 Å². The molecule has 0 saturated heterocycles. The topological polar surface area (TPSA) is 160 Å². The Labute approximate surface area is 255 Å². The number of halogens is 3. The minimum Gasteiger partial charge on any atom is -0.492 e. The molecule has 0 amide bonds. The first-order valence-electron chi connectivity index (χ1n) is 12.8. The zero-order valence-electron chi connectivity index (χ0n) is 21.9. The molecule has 0 bridgehead atoms. The summed E-state index contributed by atoms with van der Waals surface area (Å²) >= 11 is 18.8. The SMILES string of the molecule is O=C(O)CCc1cc(Cl)c(OCC[C@@H](O)[C@H](O)CCOc2ccc(-c3nc4ccc(C(=O)O)cc4o3)cc2Cl)c(Cl)c1. The number of carboxylic acids is 2. The Bertz CT molecular complexity index is 1570. The van der Waals surface area contributed by atoms with Crippen LogP contribution >= 0.6 is 34.8 Å². The van der Waals surface area contributed by atoms with Gasteiger partial charge in [0.1, 0.15) is 11.3 Å². The summed E-state index contributed by atoms with van der Waals surface area (Å²) in [5.74, 6) is -1.18. The van der Waals surface area contributed by atoms with Crippen molar-refractivity contribution in [2.24, 2.45) is 0 Å². The van der Waals surface area contributed by atoms with Gasteiger partial charge in [-0.3, -0.25) is 4.79 Å². The number of hydrogen-bond donors (Lipinski definition) is 4. The summed E-state index contributed by atoms with van der Waals surface area (Å²) in [6.45, 7) is 0.0855. The minimum absolute atomic E-state index is 0.0216. The maximum Gasteiger partial charge on any atom is 0.335 e. The molecule has 0 fully saturated rings. The predicted octanol–water partition coefficient (Wildman–Crippen LogP) is 6.13. The van der Waals surface area contributed by atoms with Crippen molar-refractivity contribution in [3.63, 3.8) is 0 Å². The van der Waals surface area contributed by atoms with Gasteiger partial charge in [0.15, 0.2) is 11.3 Å². The third-order valence-corrected chi connectivity index (χ3v) is 7.13. The van der Waals surface area contributed by atoms with Crippen molar-refractivity contribution in [2.75, 3.05) is 13.2 Å². The lowest BCUT2D eigenvalue weighted by atomic mass is 10.1. The van der Waals surface area contributed by atoms with Crippen molar-refractivity contribution in [2.45, 2.75) is 37.9 Å². The number of rotatable bonds is 14. The number of nitrogens with zero attached hydrogens (tertiary/aromatic N) is 1. The molecule has 0 aliphatic rings. The van der Waals surface area contributed by atoms with Crippen molar-refractivity contribution in [1.82, 2.24) is 4.98 Å². The van der Waals surface area contributed by atoms with Gasteiger partial charge in [0.05, 0.1) is 46.1 Å². The molecule has 4 N–H and O–H groups in total. The highest BCUT2D eigenvalue weighted by Crippen LogP contribution is 2.35. The van der Waals surface area contributed by atoms with E-state index < -0.39 is 24.1 Å². The van der Waals surface area contributed by atoms with Crippen molar-refractivity contribution in [3.8, 4) is 23.0 Å². The van der Waals surface area contributed by atoms with Crippen molar-refractivity contribution in [1.29, 1.82) is 0 Å². The summed E-state index contributed by atoms with van der Waals surface area (Å²) in [5.41, 5.74) is 2.14. The number of fused-ring (bicyclic) bond motifs is 1. The highest BCUT2D eigenvalue weighted by molar-refractivity contribution is 6.37. The summed E-state index contributed by atoms with van der Waals surface area (Å²) in [7, 11) is 0. The van der Waals surface area contributed by atoms with Gasteiger partial charge >= 0.3 is 11.9 Å². The number of oxazole rings is 1. The number of aryl methyl sites for hydroxylation is 1. The van der Waals surface area contributed by atoms with Crippen LogP contribution in [0.25, 0.3) is 22.6 Å². The number of carboxylic acid groups (broad SMARTS) is 2. The molecule has 4 rings (SSSR count). The van der Waals surface area contributed by atoms with Crippen LogP contribution in [0.1, 0.15) is 35.2 Å². The van der Waals surface area contributed by atoms with Gasteiger partial charge < -0.3 is 34.3 Å². The van der Waals surface area contributed by atoms with Crippen LogP contribution in [0.4, 0.5) is 0 Å². The number of carbonyl (C=O) groups is 2. The van der Waals surface area contributed by atoms with Gasteiger partial charge in [-0.15, -0.1) is 0 Å². The van der Waals surface area contributed by atoms with Crippen LogP contribution in [0.15, 0.2) is 52.9 Å². The minimum atomic E-state index is -1.11. The Morgan fingerprint density at radius 1 is 0.857 bits per heavy atom. The molecule has 222 valence electrons. The molecule has 1 heterocycles. The summed E-state index contributed by atoms with van der Waals surface area (Å²) in [6.07, 6.45) is -1.81. The molecular formula is C29H26Cl3NO9. The highest BCUT2D eigenvalue weighted by atomic mass is 35.5. The lowest BCUT2D eigenvalue weighted by Gasteiger charge is -2.19. The lowest BCUT2D eigenvalue weighted by Crippen LogP contribution is -2.29. The third kappa shape index (κ3) is 8.05. The van der Waals surface area contributed by atoms with Gasteiger partial charge in [-0.25, -0.2) is 9.78 Å². The first kappa shape index (κ1) is 31.4. The second-order valence-corrected chi connectivity index (χ2v) is 10.6. The van der Waals surface area contributed by atoms with E-state index in [0.29, 0.717) is 28.0 Å². The molecule has 2 atom stereocenters. The third-order valence-electron chi connectivity index (χ3n) is 6.28. The average molecular weight is 639 g/mol. The van der Waals surface area contributed by atoms with Crippen LogP contribution in [0.5, 0.6) is 11.5 Å². The van der Waals surface area contributed by atoms with E-state index in [1.165, 1.54) is 12.1 Å². The van der Waals surface area contributed by atoms with Crippen LogP contribution < -0.4 is 9.47 Å². The molecule has 42 heavy (non-hydrogen) atoms. The Balaban J connectivity index is 1.25. The number of ether oxygens (including phenoxy) is 2. The lowest BCUT2D eigenvalue weighted by molar-refractivity contribution is -0.136. The van der Waals surface area contributed by atoms with E-state index in [9.17, 15) is 19.8 Å². The van der Waals surface area contributed by atoms with Crippen LogP contribution in [0.3, 0.4) is 0 Å².